The van der Waals surface area contributed by atoms with Crippen molar-refractivity contribution in [1.82, 2.24) is 28.7 Å². The van der Waals surface area contributed by atoms with Crippen molar-refractivity contribution in [1.29, 1.82) is 0 Å². The Kier molecular flexibility index (Phi) is 5.11. The van der Waals surface area contributed by atoms with Crippen LogP contribution in [0.15, 0.2) is 140 Å². The highest BCUT2D eigenvalue weighted by atomic mass is 15.0. The summed E-state index contributed by atoms with van der Waals surface area (Å²) in [5.74, 6) is 0. The highest BCUT2D eigenvalue weighted by Gasteiger charge is 2.19. The molecule has 0 aliphatic heterocycles. The summed E-state index contributed by atoms with van der Waals surface area (Å²) in [6, 6.07) is 43.0. The molecule has 0 radical (unpaired) electrons. The van der Waals surface area contributed by atoms with Crippen LogP contribution in [0.2, 0.25) is 0 Å². The van der Waals surface area contributed by atoms with Gasteiger partial charge in [0.15, 0.2) is 0 Å². The van der Waals surface area contributed by atoms with Crippen molar-refractivity contribution < 1.29 is 0 Å². The Morgan fingerprint density at radius 1 is 0.370 bits per heavy atom. The van der Waals surface area contributed by atoms with Gasteiger partial charge in [0.1, 0.15) is 0 Å². The molecule has 0 unspecified atom stereocenters. The summed E-state index contributed by atoms with van der Waals surface area (Å²) < 4.78 is 6.95. The number of rotatable bonds is 3. The number of benzene rings is 4. The van der Waals surface area contributed by atoms with Crippen LogP contribution in [0.25, 0.3) is 82.9 Å². The van der Waals surface area contributed by atoms with E-state index in [0.717, 1.165) is 82.9 Å². The minimum atomic E-state index is 0.971. The molecule has 6 aromatic heterocycles. The smallest absolute Gasteiger partial charge is 0.0964 e. The first-order valence-electron chi connectivity index (χ1n) is 15.4. The molecule has 6 nitrogen and oxygen atoms in total. The van der Waals surface area contributed by atoms with Crippen LogP contribution in [0, 0.1) is 6.92 Å². The highest BCUT2D eigenvalue weighted by molar-refractivity contribution is 6.11. The van der Waals surface area contributed by atoms with Crippen molar-refractivity contribution in [2.24, 2.45) is 0 Å². The van der Waals surface area contributed by atoms with Crippen molar-refractivity contribution in [3.63, 3.8) is 0 Å². The number of fused-ring (bicyclic) bond motifs is 9. The Labute approximate surface area is 263 Å². The monoisotopic (exact) mass is 590 g/mol. The summed E-state index contributed by atoms with van der Waals surface area (Å²) >= 11 is 0. The Bertz CT molecular complexity index is 2780. The summed E-state index contributed by atoms with van der Waals surface area (Å²) in [7, 11) is 0. The molecular formula is C40H26N6. The summed E-state index contributed by atoms with van der Waals surface area (Å²) in [6.45, 7) is 2.13. The molecule has 0 spiro atoms. The van der Waals surface area contributed by atoms with E-state index in [-0.39, 0.29) is 0 Å². The lowest BCUT2D eigenvalue weighted by Gasteiger charge is -2.11. The van der Waals surface area contributed by atoms with Crippen molar-refractivity contribution in [3.05, 3.63) is 145 Å². The topological polar surface area (TPSA) is 53.5 Å². The van der Waals surface area contributed by atoms with Crippen molar-refractivity contribution in [3.8, 4) is 17.1 Å². The van der Waals surface area contributed by atoms with E-state index in [1.807, 2.05) is 36.8 Å². The van der Waals surface area contributed by atoms with E-state index in [9.17, 15) is 0 Å². The predicted octanol–water partition coefficient (Wildman–Crippen LogP) is 9.47. The SMILES string of the molecule is Cc1cccc(-n2c3ccc(-n4c5ccc(-n6c7ccccc7c7ncccc76)cc5c5ncccc54)cc3c3ncccc32)c1. The Morgan fingerprint density at radius 3 is 1.37 bits per heavy atom. The lowest BCUT2D eigenvalue weighted by atomic mass is 10.2. The number of pyridine rings is 3. The molecule has 10 rings (SSSR count). The molecule has 46 heavy (non-hydrogen) atoms. The van der Waals surface area contributed by atoms with Crippen molar-refractivity contribution >= 4 is 65.8 Å². The van der Waals surface area contributed by atoms with E-state index < -0.39 is 0 Å². The molecule has 0 aliphatic rings. The molecule has 4 aromatic carbocycles. The summed E-state index contributed by atoms with van der Waals surface area (Å²) in [5, 5.41) is 3.36. The second-order valence-corrected chi connectivity index (χ2v) is 11.9. The van der Waals surface area contributed by atoms with Crippen molar-refractivity contribution in [2.75, 3.05) is 0 Å². The predicted molar refractivity (Wildman–Crippen MR) is 188 cm³/mol. The van der Waals surface area contributed by atoms with Crippen LogP contribution < -0.4 is 0 Å². The average molecular weight is 591 g/mol. The number of aromatic nitrogens is 6. The lowest BCUT2D eigenvalue weighted by Crippen LogP contribution is -1.97. The van der Waals surface area contributed by atoms with Gasteiger partial charge < -0.3 is 13.7 Å². The fourth-order valence-electron chi connectivity index (χ4n) is 7.31. The molecule has 0 atom stereocenters. The molecule has 0 amide bonds. The zero-order chi connectivity index (χ0) is 30.4. The second-order valence-electron chi connectivity index (χ2n) is 11.9. The van der Waals surface area contributed by atoms with Gasteiger partial charge in [0.25, 0.3) is 0 Å². The van der Waals surface area contributed by atoms with Crippen LogP contribution in [-0.4, -0.2) is 28.7 Å². The van der Waals surface area contributed by atoms with Gasteiger partial charge in [0, 0.05) is 51.8 Å². The van der Waals surface area contributed by atoms with Gasteiger partial charge in [0.2, 0.25) is 0 Å². The van der Waals surface area contributed by atoms with Gasteiger partial charge in [-0.05, 0) is 103 Å². The van der Waals surface area contributed by atoms with Crippen LogP contribution in [0.3, 0.4) is 0 Å². The fraction of sp³-hybridized carbons (Fsp3) is 0.0250. The first-order chi connectivity index (χ1) is 22.7. The first-order valence-corrected chi connectivity index (χ1v) is 15.4. The maximum atomic E-state index is 4.91. The van der Waals surface area contributed by atoms with Gasteiger partial charge in [-0.25, -0.2) is 0 Å². The maximum absolute atomic E-state index is 4.91. The number of nitrogens with zero attached hydrogens (tertiary/aromatic N) is 6. The zero-order valence-electron chi connectivity index (χ0n) is 25.0. The Morgan fingerprint density at radius 2 is 0.826 bits per heavy atom. The standard InChI is InChI=1S/C40H26N6/c1-25-8-4-9-26(22-25)44-33-17-16-28(24-30(33)39-36(44)13-6-20-42-39)46-34-18-15-27(23-31(34)40-37(46)14-7-21-43-40)45-32-11-3-2-10-29(32)38-35(45)12-5-19-41-38/h2-24H,1H3. The molecule has 0 aliphatic carbocycles. The van der Waals surface area contributed by atoms with Gasteiger partial charge in [-0.3, -0.25) is 15.0 Å². The summed E-state index contributed by atoms with van der Waals surface area (Å²) in [6.07, 6.45) is 5.63. The van der Waals surface area contributed by atoms with Crippen LogP contribution in [0.1, 0.15) is 5.56 Å². The minimum Gasteiger partial charge on any atom is -0.308 e. The van der Waals surface area contributed by atoms with Crippen LogP contribution >= 0.6 is 0 Å². The quantitative estimate of drug-likeness (QED) is 0.206. The van der Waals surface area contributed by atoms with Crippen LogP contribution in [0.5, 0.6) is 0 Å². The van der Waals surface area contributed by atoms with Crippen molar-refractivity contribution in [2.45, 2.75) is 6.92 Å². The first kappa shape index (κ1) is 25.1. The third-order valence-electron chi connectivity index (χ3n) is 9.21. The van der Waals surface area contributed by atoms with E-state index >= 15 is 0 Å². The molecule has 0 saturated heterocycles. The molecule has 0 bridgehead atoms. The largest absolute Gasteiger partial charge is 0.308 e. The van der Waals surface area contributed by atoms with Crippen LogP contribution in [-0.2, 0) is 0 Å². The second kappa shape index (κ2) is 9.36. The van der Waals surface area contributed by atoms with E-state index in [1.165, 1.54) is 5.56 Å². The molecule has 0 N–H and O–H groups in total. The van der Waals surface area contributed by atoms with E-state index in [1.54, 1.807) is 0 Å². The maximum Gasteiger partial charge on any atom is 0.0964 e. The zero-order valence-corrected chi connectivity index (χ0v) is 25.0. The molecule has 0 fully saturated rings. The van der Waals surface area contributed by atoms with Gasteiger partial charge in [0.05, 0.1) is 49.7 Å². The Hall–Kier alpha value is -6.27. The van der Waals surface area contributed by atoms with Gasteiger partial charge in [-0.2, -0.15) is 0 Å². The molecule has 10 aromatic rings. The molecule has 6 heterocycles. The third-order valence-corrected chi connectivity index (χ3v) is 9.21. The molecule has 0 saturated carbocycles. The Balaban J connectivity index is 1.23. The van der Waals surface area contributed by atoms with Gasteiger partial charge >= 0.3 is 0 Å². The molecule has 6 heteroatoms. The normalized spacial score (nSPS) is 12.0. The van der Waals surface area contributed by atoms with E-state index in [2.05, 4.69) is 124 Å². The van der Waals surface area contributed by atoms with Crippen LogP contribution in [0.4, 0.5) is 0 Å². The lowest BCUT2D eigenvalue weighted by molar-refractivity contribution is 1.15. The number of hydrogen-bond acceptors (Lipinski definition) is 3. The minimum absolute atomic E-state index is 0.971. The number of para-hydroxylation sites is 1. The summed E-state index contributed by atoms with van der Waals surface area (Å²) in [5.41, 5.74) is 14.1. The van der Waals surface area contributed by atoms with E-state index in [4.69, 9.17) is 15.0 Å². The van der Waals surface area contributed by atoms with Gasteiger partial charge in [-0.15, -0.1) is 0 Å². The molecular weight excluding hydrogens is 564 g/mol. The van der Waals surface area contributed by atoms with Gasteiger partial charge in [-0.1, -0.05) is 30.3 Å². The summed E-state index contributed by atoms with van der Waals surface area (Å²) in [4.78, 5) is 14.5. The highest BCUT2D eigenvalue weighted by Crippen LogP contribution is 2.38. The molecule has 216 valence electrons. The average Bonchev–Trinajstić information content (AvgIpc) is 3.73. The number of aryl methyl sites for hydroxylation is 1. The number of hydrogen-bond donors (Lipinski definition) is 0. The third kappa shape index (κ3) is 3.44. The fourth-order valence-corrected chi connectivity index (χ4v) is 7.31. The van der Waals surface area contributed by atoms with E-state index in [0.29, 0.717) is 0 Å².